The molecule has 0 amide bonds. The lowest BCUT2D eigenvalue weighted by Gasteiger charge is -2.13. The van der Waals surface area contributed by atoms with Crippen molar-refractivity contribution in [2.45, 2.75) is 32.7 Å². The van der Waals surface area contributed by atoms with Crippen molar-refractivity contribution in [3.63, 3.8) is 0 Å². The second-order valence-electron chi connectivity index (χ2n) is 6.16. The highest BCUT2D eigenvalue weighted by Crippen LogP contribution is 2.34. The largest absolute Gasteiger partial charge is 0.401 e. The number of carbonyl (C=O) groups is 1. The van der Waals surface area contributed by atoms with E-state index in [0.29, 0.717) is 10.9 Å². The van der Waals surface area contributed by atoms with Gasteiger partial charge in [0.25, 0.3) is 5.69 Å². The highest BCUT2D eigenvalue weighted by Gasteiger charge is 2.24. The summed E-state index contributed by atoms with van der Waals surface area (Å²) < 4.78 is 7.20. The molecule has 0 saturated heterocycles. The number of ether oxygens (including phenoxy) is 1. The number of carbonyl (C=O) groups excluding carboxylic acids is 1. The molecule has 0 radical (unpaired) electrons. The van der Waals surface area contributed by atoms with Gasteiger partial charge in [-0.15, -0.1) is 5.10 Å². The van der Waals surface area contributed by atoms with Gasteiger partial charge in [0.1, 0.15) is 0 Å². The van der Waals surface area contributed by atoms with Crippen molar-refractivity contribution in [1.82, 2.24) is 9.78 Å². The first-order chi connectivity index (χ1) is 13.4. The molecule has 3 aromatic rings. The lowest BCUT2D eigenvalue weighted by molar-refractivity contribution is -0.384. The number of nitro groups is 1. The van der Waals surface area contributed by atoms with Crippen LogP contribution in [-0.4, -0.2) is 20.7 Å². The number of benzene rings is 2. The minimum Gasteiger partial charge on any atom is -0.401 e. The summed E-state index contributed by atoms with van der Waals surface area (Å²) in [7, 11) is 0. The van der Waals surface area contributed by atoms with E-state index in [9.17, 15) is 14.9 Å². The Hall–Kier alpha value is -2.64. The van der Waals surface area contributed by atoms with Crippen molar-refractivity contribution in [2.75, 3.05) is 0 Å². The number of nitro benzene ring substituents is 1. The quantitative estimate of drug-likeness (QED) is 0.283. The van der Waals surface area contributed by atoms with Crippen LogP contribution in [0.15, 0.2) is 36.4 Å². The number of rotatable bonds is 6. The molecule has 0 aliphatic carbocycles. The van der Waals surface area contributed by atoms with E-state index in [1.165, 1.54) is 24.3 Å². The van der Waals surface area contributed by atoms with Gasteiger partial charge in [-0.05, 0) is 31.0 Å². The molecule has 3 rings (SSSR count). The van der Waals surface area contributed by atoms with Gasteiger partial charge in [0.15, 0.2) is 0 Å². The average molecular weight is 422 g/mol. The van der Waals surface area contributed by atoms with Gasteiger partial charge in [-0.1, -0.05) is 43.1 Å². The molecule has 9 heteroatoms. The van der Waals surface area contributed by atoms with Gasteiger partial charge in [0.05, 0.1) is 37.5 Å². The van der Waals surface area contributed by atoms with Crippen LogP contribution < -0.4 is 4.74 Å². The minimum atomic E-state index is -0.779. The lowest BCUT2D eigenvalue weighted by Crippen LogP contribution is -2.12. The zero-order chi connectivity index (χ0) is 20.4. The van der Waals surface area contributed by atoms with E-state index in [-0.39, 0.29) is 33.2 Å². The van der Waals surface area contributed by atoms with Crippen molar-refractivity contribution in [3.05, 3.63) is 62.1 Å². The SMILES string of the molecule is CCC(CC)n1nc(OC(=O)c2c(Cl)cccc2Cl)c2cc([N+](=O)[O-])ccc21. The fourth-order valence-corrected chi connectivity index (χ4v) is 3.59. The molecule has 0 N–H and O–H groups in total. The summed E-state index contributed by atoms with van der Waals surface area (Å²) in [5.41, 5.74) is 0.540. The van der Waals surface area contributed by atoms with E-state index in [1.54, 1.807) is 16.8 Å². The van der Waals surface area contributed by atoms with Crippen LogP contribution in [0, 0.1) is 10.1 Å². The van der Waals surface area contributed by atoms with E-state index in [4.69, 9.17) is 27.9 Å². The summed E-state index contributed by atoms with van der Waals surface area (Å²) in [4.78, 5) is 23.3. The van der Waals surface area contributed by atoms with Crippen molar-refractivity contribution < 1.29 is 14.5 Å². The molecule has 1 heterocycles. The van der Waals surface area contributed by atoms with Crippen LogP contribution in [0.2, 0.25) is 10.0 Å². The molecule has 1 aromatic heterocycles. The van der Waals surface area contributed by atoms with Gasteiger partial charge >= 0.3 is 5.97 Å². The monoisotopic (exact) mass is 421 g/mol. The summed E-state index contributed by atoms with van der Waals surface area (Å²) in [6.45, 7) is 4.03. The summed E-state index contributed by atoms with van der Waals surface area (Å²) in [5, 5.41) is 16.3. The van der Waals surface area contributed by atoms with Crippen LogP contribution in [0.25, 0.3) is 10.9 Å². The topological polar surface area (TPSA) is 87.3 Å². The molecular weight excluding hydrogens is 405 g/mol. The highest BCUT2D eigenvalue weighted by molar-refractivity contribution is 6.39. The van der Waals surface area contributed by atoms with Crippen LogP contribution >= 0.6 is 23.2 Å². The third kappa shape index (κ3) is 3.68. The Morgan fingerprint density at radius 2 is 1.86 bits per heavy atom. The summed E-state index contributed by atoms with van der Waals surface area (Å²) in [5.74, 6) is -0.801. The van der Waals surface area contributed by atoms with E-state index in [1.807, 2.05) is 13.8 Å². The Bertz CT molecular complexity index is 1040. The predicted octanol–water partition coefficient (Wildman–Crippen LogP) is 5.83. The Morgan fingerprint density at radius 1 is 1.21 bits per heavy atom. The summed E-state index contributed by atoms with van der Waals surface area (Å²) >= 11 is 12.2. The molecule has 7 nitrogen and oxygen atoms in total. The molecule has 0 fully saturated rings. The number of non-ortho nitro benzene ring substituents is 1. The van der Waals surface area contributed by atoms with Gasteiger partial charge in [-0.2, -0.15) is 0 Å². The molecule has 0 aliphatic heterocycles. The van der Waals surface area contributed by atoms with E-state index >= 15 is 0 Å². The number of nitrogens with zero attached hydrogens (tertiary/aromatic N) is 3. The third-order valence-electron chi connectivity index (χ3n) is 4.51. The molecule has 0 atom stereocenters. The van der Waals surface area contributed by atoms with Crippen molar-refractivity contribution in [1.29, 1.82) is 0 Å². The normalized spacial score (nSPS) is 11.2. The summed E-state index contributed by atoms with van der Waals surface area (Å²) in [6, 6.07) is 9.07. The van der Waals surface area contributed by atoms with Gasteiger partial charge in [-0.3, -0.25) is 14.8 Å². The molecule has 2 aromatic carbocycles. The molecule has 0 bridgehead atoms. The van der Waals surface area contributed by atoms with E-state index < -0.39 is 10.9 Å². The maximum atomic E-state index is 12.7. The van der Waals surface area contributed by atoms with Gasteiger partial charge in [0.2, 0.25) is 5.88 Å². The molecule has 146 valence electrons. The zero-order valence-corrected chi connectivity index (χ0v) is 16.7. The number of hydrogen-bond acceptors (Lipinski definition) is 5. The van der Waals surface area contributed by atoms with Crippen LogP contribution in [0.3, 0.4) is 0 Å². The van der Waals surface area contributed by atoms with E-state index in [2.05, 4.69) is 5.10 Å². The number of esters is 1. The first-order valence-corrected chi connectivity index (χ1v) is 9.45. The predicted molar refractivity (Wildman–Crippen MR) is 107 cm³/mol. The van der Waals surface area contributed by atoms with Gasteiger partial charge < -0.3 is 4.74 Å². The standard InChI is InChI=1S/C19H17Cl2N3O4/c1-3-11(4-2)23-16-9-8-12(24(26)27)10-13(16)18(22-23)28-19(25)17-14(20)6-5-7-15(17)21/h5-11H,3-4H2,1-2H3. The molecular formula is C19H17Cl2N3O4. The van der Waals surface area contributed by atoms with Gasteiger partial charge in [0, 0.05) is 12.1 Å². The third-order valence-corrected chi connectivity index (χ3v) is 5.14. The van der Waals surface area contributed by atoms with E-state index in [0.717, 1.165) is 12.8 Å². The fourth-order valence-electron chi connectivity index (χ4n) is 3.03. The minimum absolute atomic E-state index is 0.0153. The van der Waals surface area contributed by atoms with Crippen LogP contribution in [0.1, 0.15) is 43.1 Å². The first kappa shape index (κ1) is 20.1. The number of fused-ring (bicyclic) bond motifs is 1. The Kier molecular flexibility index (Phi) is 5.86. The number of hydrogen-bond donors (Lipinski definition) is 0. The lowest BCUT2D eigenvalue weighted by atomic mass is 10.1. The highest BCUT2D eigenvalue weighted by atomic mass is 35.5. The maximum absolute atomic E-state index is 12.7. The number of aromatic nitrogens is 2. The second kappa shape index (κ2) is 8.16. The van der Waals surface area contributed by atoms with Crippen molar-refractivity contribution in [3.8, 4) is 5.88 Å². The second-order valence-corrected chi connectivity index (χ2v) is 6.98. The smallest absolute Gasteiger partial charge is 0.347 e. The first-order valence-electron chi connectivity index (χ1n) is 8.70. The van der Waals surface area contributed by atoms with Crippen LogP contribution in [0.4, 0.5) is 5.69 Å². The molecule has 0 unspecified atom stereocenters. The number of halogens is 2. The van der Waals surface area contributed by atoms with Crippen molar-refractivity contribution >= 4 is 45.8 Å². The zero-order valence-electron chi connectivity index (χ0n) is 15.2. The Labute approximate surface area is 171 Å². The molecule has 0 spiro atoms. The van der Waals surface area contributed by atoms with Gasteiger partial charge in [-0.25, -0.2) is 4.79 Å². The Morgan fingerprint density at radius 3 is 2.43 bits per heavy atom. The average Bonchev–Trinajstić information content (AvgIpc) is 3.00. The molecule has 0 saturated carbocycles. The summed E-state index contributed by atoms with van der Waals surface area (Å²) in [6.07, 6.45) is 1.60. The van der Waals surface area contributed by atoms with Crippen LogP contribution in [-0.2, 0) is 0 Å². The fraction of sp³-hybridized carbons (Fsp3) is 0.263. The molecule has 28 heavy (non-hydrogen) atoms. The Balaban J connectivity index is 2.12. The molecule has 0 aliphatic rings. The van der Waals surface area contributed by atoms with Crippen LogP contribution in [0.5, 0.6) is 5.88 Å². The van der Waals surface area contributed by atoms with Crippen molar-refractivity contribution in [2.24, 2.45) is 0 Å². The maximum Gasteiger partial charge on any atom is 0.347 e.